The Hall–Kier alpha value is 2.89. The van der Waals surface area contributed by atoms with Gasteiger partial charge >= 0.3 is 80.9 Å². The maximum atomic E-state index is 0. The minimum absolute atomic E-state index is 0. The molecule has 4 heavy (non-hydrogen) atoms. The van der Waals surface area contributed by atoms with Gasteiger partial charge in [0.1, 0.15) is 0 Å². The van der Waals surface area contributed by atoms with E-state index >= 15 is 0 Å². The molecule has 0 rings (SSSR count). The van der Waals surface area contributed by atoms with Crippen molar-refractivity contribution in [2.45, 2.75) is 0 Å². The molecule has 4 heteroatoms. The van der Waals surface area contributed by atoms with Crippen molar-refractivity contribution in [1.29, 1.82) is 0 Å². The van der Waals surface area contributed by atoms with E-state index in [1.54, 1.807) is 0 Å². The standard InChI is InChI=1S/ClH.K.Na.H2O.H/h1H;;;1H2;/q;2*+1;;-1/p-1. The molecule has 0 aromatic heterocycles. The minimum atomic E-state index is 0. The van der Waals surface area contributed by atoms with Crippen molar-refractivity contribution < 1.29 is 100 Å². The van der Waals surface area contributed by atoms with Crippen LogP contribution in [0.5, 0.6) is 0 Å². The Balaban J connectivity index is 0. The molecule has 0 aliphatic rings. The van der Waals surface area contributed by atoms with Crippen LogP contribution in [0.3, 0.4) is 0 Å². The normalized spacial score (nSPS) is 0. The first-order valence-electron chi connectivity index (χ1n) is 0. The molecule has 0 spiro atoms. The van der Waals surface area contributed by atoms with Crippen molar-refractivity contribution >= 4 is 0 Å². The Morgan fingerprint density at radius 3 is 1.25 bits per heavy atom. The van der Waals surface area contributed by atoms with Gasteiger partial charge in [-0.1, -0.05) is 0 Å². The Morgan fingerprint density at radius 2 is 1.25 bits per heavy atom. The van der Waals surface area contributed by atoms with Crippen LogP contribution in [0.15, 0.2) is 0 Å². The molecule has 0 aromatic rings. The molecule has 2 N–H and O–H groups in total. The molecule has 0 aliphatic heterocycles. The van der Waals surface area contributed by atoms with Gasteiger partial charge in [-0.05, 0) is 0 Å². The van der Waals surface area contributed by atoms with Gasteiger partial charge in [-0.2, -0.15) is 0 Å². The molecule has 0 atom stereocenters. The topological polar surface area (TPSA) is 31.5 Å². The number of rotatable bonds is 0. The summed E-state index contributed by atoms with van der Waals surface area (Å²) in [6, 6.07) is 0. The average Bonchev–Trinajstić information content (AvgIpc) is 0. The van der Waals surface area contributed by atoms with Crippen LogP contribution in [0.4, 0.5) is 0 Å². The molecular weight excluding hydrogens is 114 g/mol. The van der Waals surface area contributed by atoms with E-state index in [0.29, 0.717) is 0 Å². The van der Waals surface area contributed by atoms with Crippen LogP contribution in [0.2, 0.25) is 0 Å². The summed E-state index contributed by atoms with van der Waals surface area (Å²) in [6.07, 6.45) is 0. The van der Waals surface area contributed by atoms with Crippen molar-refractivity contribution in [1.82, 2.24) is 0 Å². The molecule has 0 saturated carbocycles. The van der Waals surface area contributed by atoms with Gasteiger partial charge < -0.3 is 19.3 Å². The van der Waals surface area contributed by atoms with Crippen molar-refractivity contribution in [3.8, 4) is 0 Å². The smallest absolute Gasteiger partial charge is 1.00 e. The van der Waals surface area contributed by atoms with Crippen LogP contribution >= 0.6 is 0 Å². The van der Waals surface area contributed by atoms with Crippen LogP contribution in [-0.4, -0.2) is 5.48 Å². The summed E-state index contributed by atoms with van der Waals surface area (Å²) < 4.78 is 0. The molecule has 0 bridgehead atoms. The van der Waals surface area contributed by atoms with Gasteiger partial charge in [-0.15, -0.1) is 0 Å². The number of hydrogen-bond acceptors (Lipinski definition) is 0. The Morgan fingerprint density at radius 1 is 1.25 bits per heavy atom. The SMILES string of the molecule is O.[Cl-].[H-].[K+].[Na+]. The first-order valence-corrected chi connectivity index (χ1v) is 0. The largest absolute Gasteiger partial charge is 1.00 e. The summed E-state index contributed by atoms with van der Waals surface area (Å²) in [7, 11) is 0. The van der Waals surface area contributed by atoms with Gasteiger partial charge in [0, 0.05) is 0 Å². The summed E-state index contributed by atoms with van der Waals surface area (Å²) in [5.41, 5.74) is 0. The minimum Gasteiger partial charge on any atom is -1.00 e. The summed E-state index contributed by atoms with van der Waals surface area (Å²) >= 11 is 0. The van der Waals surface area contributed by atoms with Crippen LogP contribution in [0, 0.1) is 0 Å². The predicted molar refractivity (Wildman–Crippen MR) is 4.73 cm³/mol. The van der Waals surface area contributed by atoms with E-state index in [4.69, 9.17) is 0 Å². The molecule has 0 saturated heterocycles. The summed E-state index contributed by atoms with van der Waals surface area (Å²) in [5, 5.41) is 0. The van der Waals surface area contributed by atoms with Crippen LogP contribution in [0.1, 0.15) is 1.43 Å². The van der Waals surface area contributed by atoms with Crippen molar-refractivity contribution in [3.63, 3.8) is 0 Å². The Kier molecular flexibility index (Phi) is 121. The fraction of sp³-hybridized carbons (Fsp3) is 0. The maximum absolute atomic E-state index is 0. The van der Waals surface area contributed by atoms with Crippen LogP contribution in [-0.2, 0) is 0 Å². The first-order chi connectivity index (χ1) is 0. The number of halogens is 1. The quantitative estimate of drug-likeness (QED) is 0.282. The van der Waals surface area contributed by atoms with E-state index in [1.807, 2.05) is 0 Å². The van der Waals surface area contributed by atoms with Crippen molar-refractivity contribution in [2.75, 3.05) is 0 Å². The fourth-order valence-corrected chi connectivity index (χ4v) is 0. The molecule has 0 radical (unpaired) electrons. The monoisotopic (exact) mass is 116 g/mol. The van der Waals surface area contributed by atoms with Crippen molar-refractivity contribution in [3.05, 3.63) is 0 Å². The molecule has 0 fully saturated rings. The molecule has 0 aromatic carbocycles. The van der Waals surface area contributed by atoms with Gasteiger partial charge in [0.2, 0.25) is 0 Å². The second-order valence-corrected chi connectivity index (χ2v) is 0. The maximum Gasteiger partial charge on any atom is 1.00 e. The van der Waals surface area contributed by atoms with E-state index in [9.17, 15) is 0 Å². The molecule has 18 valence electrons. The third-order valence-electron chi connectivity index (χ3n) is 0. The average molecular weight is 117 g/mol. The van der Waals surface area contributed by atoms with Gasteiger partial charge in [-0.3, -0.25) is 0 Å². The van der Waals surface area contributed by atoms with E-state index < -0.39 is 0 Å². The molecule has 0 amide bonds. The van der Waals surface area contributed by atoms with Gasteiger partial charge in [0.15, 0.2) is 0 Å². The molecule has 0 heterocycles. The first kappa shape index (κ1) is 28.6. The Labute approximate surface area is 97.8 Å². The Bertz CT molecular complexity index is 11.6. The number of hydrogen-bond donors (Lipinski definition) is 0. The van der Waals surface area contributed by atoms with Gasteiger partial charge in [0.25, 0.3) is 0 Å². The molecule has 0 aliphatic carbocycles. The van der Waals surface area contributed by atoms with Gasteiger partial charge in [0.05, 0.1) is 0 Å². The third-order valence-corrected chi connectivity index (χ3v) is 0. The predicted octanol–water partition coefficient (Wildman–Crippen LogP) is -9.70. The zero-order valence-electron chi connectivity index (χ0n) is 3.88. The summed E-state index contributed by atoms with van der Waals surface area (Å²) in [5.74, 6) is 0. The zero-order valence-corrected chi connectivity index (χ0v) is 8.76. The zero-order chi connectivity index (χ0) is 0. The second-order valence-electron chi connectivity index (χ2n) is 0. The van der Waals surface area contributed by atoms with E-state index in [2.05, 4.69) is 0 Å². The summed E-state index contributed by atoms with van der Waals surface area (Å²) in [6.45, 7) is 0. The van der Waals surface area contributed by atoms with E-state index in [-0.39, 0.29) is 100 Å². The molecule has 0 unspecified atom stereocenters. The summed E-state index contributed by atoms with van der Waals surface area (Å²) in [4.78, 5) is 0. The van der Waals surface area contributed by atoms with Crippen molar-refractivity contribution in [2.24, 2.45) is 0 Å². The fourth-order valence-electron chi connectivity index (χ4n) is 0. The van der Waals surface area contributed by atoms with E-state index in [1.165, 1.54) is 0 Å². The van der Waals surface area contributed by atoms with E-state index in [0.717, 1.165) is 0 Å². The second kappa shape index (κ2) is 16.9. The molecular formula is H3ClKNaO. The third kappa shape index (κ3) is 8.86. The van der Waals surface area contributed by atoms with Crippen LogP contribution in [0.25, 0.3) is 0 Å². The van der Waals surface area contributed by atoms with Gasteiger partial charge in [-0.25, -0.2) is 0 Å². The van der Waals surface area contributed by atoms with Crippen LogP contribution < -0.4 is 93.3 Å². The molecule has 1 nitrogen and oxygen atoms in total.